The normalized spacial score (nSPS) is 13.0. The van der Waals surface area contributed by atoms with E-state index in [1.54, 1.807) is 12.1 Å². The molecule has 0 heterocycles. The number of hydrogen-bond acceptors (Lipinski definition) is 2. The summed E-state index contributed by atoms with van der Waals surface area (Å²) < 4.78 is 0. The number of nitrogens with one attached hydrogen (secondary N) is 1. The quantitative estimate of drug-likeness (QED) is 0.772. The van der Waals surface area contributed by atoms with E-state index in [-0.39, 0.29) is 0 Å². The molecule has 0 amide bonds. The van der Waals surface area contributed by atoms with Gasteiger partial charge in [-0.3, -0.25) is 0 Å². The van der Waals surface area contributed by atoms with Crippen LogP contribution in [0.25, 0.3) is 0 Å². The molecule has 0 fully saturated rings. The molecule has 2 N–H and O–H groups in total. The summed E-state index contributed by atoms with van der Waals surface area (Å²) >= 11 is 0. The minimum Gasteiger partial charge on any atom is -0.508 e. The van der Waals surface area contributed by atoms with Gasteiger partial charge in [-0.25, -0.2) is 0 Å². The lowest BCUT2D eigenvalue weighted by Crippen LogP contribution is -2.25. The van der Waals surface area contributed by atoms with Gasteiger partial charge in [0.2, 0.25) is 0 Å². The maximum atomic E-state index is 9.16. The standard InChI is InChI=1S/C14H23NO/c1-11(2)4-5-12(3)15-10-13-6-8-14(16)9-7-13/h6-9,11-12,15-16H,4-5,10H2,1-3H3. The smallest absolute Gasteiger partial charge is 0.115 e. The Morgan fingerprint density at radius 2 is 1.69 bits per heavy atom. The van der Waals surface area contributed by atoms with Gasteiger partial charge in [-0.05, 0) is 43.4 Å². The predicted octanol–water partition coefficient (Wildman–Crippen LogP) is 3.31. The van der Waals surface area contributed by atoms with Crippen LogP contribution in [0.4, 0.5) is 0 Å². The molecule has 0 aliphatic rings. The van der Waals surface area contributed by atoms with E-state index in [1.807, 2.05) is 12.1 Å². The molecular weight excluding hydrogens is 198 g/mol. The molecule has 0 spiro atoms. The highest BCUT2D eigenvalue weighted by Crippen LogP contribution is 2.10. The average Bonchev–Trinajstić information content (AvgIpc) is 2.25. The van der Waals surface area contributed by atoms with Gasteiger partial charge in [0.05, 0.1) is 0 Å². The summed E-state index contributed by atoms with van der Waals surface area (Å²) in [5.41, 5.74) is 1.22. The number of rotatable bonds is 6. The van der Waals surface area contributed by atoms with Gasteiger partial charge in [-0.15, -0.1) is 0 Å². The molecular formula is C14H23NO. The summed E-state index contributed by atoms with van der Waals surface area (Å²) in [5, 5.41) is 12.7. The fourth-order valence-corrected chi connectivity index (χ4v) is 1.59. The van der Waals surface area contributed by atoms with Gasteiger partial charge in [-0.2, -0.15) is 0 Å². The Labute approximate surface area is 98.7 Å². The molecule has 1 atom stereocenters. The average molecular weight is 221 g/mol. The highest BCUT2D eigenvalue weighted by atomic mass is 16.3. The largest absolute Gasteiger partial charge is 0.508 e. The van der Waals surface area contributed by atoms with Crippen LogP contribution in [0, 0.1) is 5.92 Å². The van der Waals surface area contributed by atoms with Crippen LogP contribution in [-0.2, 0) is 6.54 Å². The molecule has 0 saturated carbocycles. The van der Waals surface area contributed by atoms with Crippen LogP contribution >= 0.6 is 0 Å². The molecule has 0 aromatic heterocycles. The van der Waals surface area contributed by atoms with Crippen LogP contribution in [0.2, 0.25) is 0 Å². The van der Waals surface area contributed by atoms with Crippen LogP contribution < -0.4 is 5.32 Å². The molecule has 2 heteroatoms. The molecule has 0 aliphatic heterocycles. The lowest BCUT2D eigenvalue weighted by Gasteiger charge is -2.15. The Balaban J connectivity index is 2.26. The van der Waals surface area contributed by atoms with Crippen molar-refractivity contribution in [1.82, 2.24) is 5.32 Å². The van der Waals surface area contributed by atoms with Crippen LogP contribution in [0.5, 0.6) is 5.75 Å². The van der Waals surface area contributed by atoms with Crippen LogP contribution in [0.1, 0.15) is 39.2 Å². The first-order valence-electron chi connectivity index (χ1n) is 6.09. The summed E-state index contributed by atoms with van der Waals surface area (Å²) in [6, 6.07) is 7.93. The maximum Gasteiger partial charge on any atom is 0.115 e. The van der Waals surface area contributed by atoms with E-state index in [2.05, 4.69) is 26.1 Å². The van der Waals surface area contributed by atoms with Crippen molar-refractivity contribution in [3.63, 3.8) is 0 Å². The molecule has 90 valence electrons. The number of phenols is 1. The SMILES string of the molecule is CC(C)CCC(C)NCc1ccc(O)cc1. The van der Waals surface area contributed by atoms with Crippen molar-refractivity contribution in [2.75, 3.05) is 0 Å². The fraction of sp³-hybridized carbons (Fsp3) is 0.571. The third kappa shape index (κ3) is 5.17. The lowest BCUT2D eigenvalue weighted by atomic mass is 10.0. The van der Waals surface area contributed by atoms with Crippen molar-refractivity contribution in [1.29, 1.82) is 0 Å². The monoisotopic (exact) mass is 221 g/mol. The van der Waals surface area contributed by atoms with Crippen LogP contribution in [-0.4, -0.2) is 11.1 Å². The van der Waals surface area contributed by atoms with E-state index in [0.717, 1.165) is 12.5 Å². The van der Waals surface area contributed by atoms with Crippen LogP contribution in [0.3, 0.4) is 0 Å². The Morgan fingerprint density at radius 3 is 2.25 bits per heavy atom. The van der Waals surface area contributed by atoms with Gasteiger partial charge in [0.25, 0.3) is 0 Å². The summed E-state index contributed by atoms with van der Waals surface area (Å²) in [4.78, 5) is 0. The van der Waals surface area contributed by atoms with Gasteiger partial charge < -0.3 is 10.4 Å². The molecule has 0 bridgehead atoms. The zero-order valence-corrected chi connectivity index (χ0v) is 10.5. The Hall–Kier alpha value is -1.02. The van der Waals surface area contributed by atoms with Crippen molar-refractivity contribution in [2.45, 2.75) is 46.2 Å². The van der Waals surface area contributed by atoms with Gasteiger partial charge in [-0.1, -0.05) is 26.0 Å². The van der Waals surface area contributed by atoms with E-state index in [9.17, 15) is 0 Å². The molecule has 1 unspecified atom stereocenters. The molecule has 1 rings (SSSR count). The van der Waals surface area contributed by atoms with Gasteiger partial charge in [0, 0.05) is 12.6 Å². The molecule has 0 aliphatic carbocycles. The maximum absolute atomic E-state index is 9.16. The molecule has 1 aromatic carbocycles. The minimum absolute atomic E-state index is 0.330. The topological polar surface area (TPSA) is 32.3 Å². The van der Waals surface area contributed by atoms with Crippen molar-refractivity contribution in [3.05, 3.63) is 29.8 Å². The van der Waals surface area contributed by atoms with Crippen molar-refractivity contribution in [2.24, 2.45) is 5.92 Å². The minimum atomic E-state index is 0.330. The third-order valence-electron chi connectivity index (χ3n) is 2.77. The van der Waals surface area contributed by atoms with Gasteiger partial charge in [0.1, 0.15) is 5.75 Å². The second-order valence-electron chi connectivity index (χ2n) is 4.92. The van der Waals surface area contributed by atoms with Crippen molar-refractivity contribution < 1.29 is 5.11 Å². The van der Waals surface area contributed by atoms with E-state index in [1.165, 1.54) is 18.4 Å². The highest BCUT2D eigenvalue weighted by Gasteiger charge is 2.03. The predicted molar refractivity (Wildman–Crippen MR) is 68.5 cm³/mol. The molecule has 1 aromatic rings. The van der Waals surface area contributed by atoms with E-state index in [0.29, 0.717) is 11.8 Å². The van der Waals surface area contributed by atoms with E-state index < -0.39 is 0 Å². The summed E-state index contributed by atoms with van der Waals surface area (Å²) in [5.74, 6) is 1.11. The van der Waals surface area contributed by atoms with E-state index >= 15 is 0 Å². The van der Waals surface area contributed by atoms with Gasteiger partial charge >= 0.3 is 0 Å². The Morgan fingerprint density at radius 1 is 1.06 bits per heavy atom. The number of aromatic hydroxyl groups is 1. The molecule has 0 saturated heterocycles. The Kier molecular flexibility index (Phi) is 5.33. The summed E-state index contributed by atoms with van der Waals surface area (Å²) in [6.07, 6.45) is 2.49. The molecule has 2 nitrogen and oxygen atoms in total. The van der Waals surface area contributed by atoms with E-state index in [4.69, 9.17) is 5.11 Å². The van der Waals surface area contributed by atoms with Gasteiger partial charge in [0.15, 0.2) is 0 Å². The van der Waals surface area contributed by atoms with Crippen molar-refractivity contribution in [3.8, 4) is 5.75 Å². The van der Waals surface area contributed by atoms with Crippen LogP contribution in [0.15, 0.2) is 24.3 Å². The molecule has 16 heavy (non-hydrogen) atoms. The zero-order chi connectivity index (χ0) is 12.0. The third-order valence-corrected chi connectivity index (χ3v) is 2.77. The number of benzene rings is 1. The summed E-state index contributed by atoms with van der Waals surface area (Å²) in [6.45, 7) is 7.61. The zero-order valence-electron chi connectivity index (χ0n) is 10.5. The second kappa shape index (κ2) is 6.54. The highest BCUT2D eigenvalue weighted by molar-refractivity contribution is 5.25. The lowest BCUT2D eigenvalue weighted by molar-refractivity contribution is 0.450. The fourth-order valence-electron chi connectivity index (χ4n) is 1.59. The summed E-state index contributed by atoms with van der Waals surface area (Å²) in [7, 11) is 0. The number of phenolic OH excluding ortho intramolecular Hbond substituents is 1. The first-order chi connectivity index (χ1) is 7.58. The first kappa shape index (κ1) is 13.0. The first-order valence-corrected chi connectivity index (χ1v) is 6.09. The molecule has 0 radical (unpaired) electrons. The Bertz CT molecular complexity index is 292. The second-order valence-corrected chi connectivity index (χ2v) is 4.92. The number of hydrogen-bond donors (Lipinski definition) is 2. The van der Waals surface area contributed by atoms with Crippen molar-refractivity contribution >= 4 is 0 Å².